The van der Waals surface area contributed by atoms with E-state index in [-0.39, 0.29) is 11.2 Å². The lowest BCUT2D eigenvalue weighted by Crippen LogP contribution is -2.36. The zero-order chi connectivity index (χ0) is 28.7. The number of carbonyl (C=O) groups is 1. The van der Waals surface area contributed by atoms with Crippen LogP contribution >= 0.6 is 39.3 Å². The summed E-state index contributed by atoms with van der Waals surface area (Å²) in [5.41, 5.74) is 5.64. The molecule has 0 fully saturated rings. The SMILES string of the molecule is Cc1ccccc1COc1ccc(Br)cc1C1C2=C(CC(C)(C)CC2=O)Nc2nc(SCc3ccccc3Cl)nn21. The lowest BCUT2D eigenvalue weighted by Gasteiger charge is -2.38. The fourth-order valence-electron chi connectivity index (χ4n) is 5.49. The van der Waals surface area contributed by atoms with Gasteiger partial charge in [-0.25, -0.2) is 4.68 Å². The first-order chi connectivity index (χ1) is 19.7. The molecule has 1 atom stereocenters. The zero-order valence-electron chi connectivity index (χ0n) is 23.1. The summed E-state index contributed by atoms with van der Waals surface area (Å²) in [5.74, 6) is 2.07. The molecule has 9 heteroatoms. The van der Waals surface area contributed by atoms with Gasteiger partial charge in [-0.3, -0.25) is 4.79 Å². The Bertz CT molecular complexity index is 1680. The summed E-state index contributed by atoms with van der Waals surface area (Å²) >= 11 is 11.6. The average molecular weight is 650 g/mol. The third kappa shape index (κ3) is 5.83. The summed E-state index contributed by atoms with van der Waals surface area (Å²) in [6.45, 7) is 6.76. The molecule has 1 unspecified atom stereocenters. The van der Waals surface area contributed by atoms with Gasteiger partial charge in [-0.15, -0.1) is 5.10 Å². The van der Waals surface area contributed by atoms with Crippen molar-refractivity contribution < 1.29 is 9.53 Å². The summed E-state index contributed by atoms with van der Waals surface area (Å²) in [6, 6.07) is 21.5. The molecule has 2 heterocycles. The third-order valence-electron chi connectivity index (χ3n) is 7.54. The molecule has 4 aromatic rings. The van der Waals surface area contributed by atoms with Gasteiger partial charge in [0.15, 0.2) is 5.78 Å². The van der Waals surface area contributed by atoms with Gasteiger partial charge >= 0.3 is 0 Å². The largest absolute Gasteiger partial charge is 0.489 e. The van der Waals surface area contributed by atoms with Gasteiger partial charge in [0.25, 0.3) is 0 Å². The number of aryl methyl sites for hydroxylation is 1. The predicted molar refractivity (Wildman–Crippen MR) is 167 cm³/mol. The smallest absolute Gasteiger partial charge is 0.227 e. The topological polar surface area (TPSA) is 69.0 Å². The molecule has 0 saturated heterocycles. The van der Waals surface area contributed by atoms with Crippen LogP contribution < -0.4 is 10.1 Å². The molecule has 2 aliphatic rings. The van der Waals surface area contributed by atoms with Crippen LogP contribution in [-0.4, -0.2) is 20.5 Å². The van der Waals surface area contributed by atoms with E-state index in [1.807, 2.05) is 59.3 Å². The summed E-state index contributed by atoms with van der Waals surface area (Å²) in [6.07, 6.45) is 1.21. The second-order valence-corrected chi connectivity index (χ2v) is 13.6. The highest BCUT2D eigenvalue weighted by Gasteiger charge is 2.43. The number of nitrogens with one attached hydrogen (secondary N) is 1. The van der Waals surface area contributed by atoms with Gasteiger partial charge in [0.2, 0.25) is 11.1 Å². The lowest BCUT2D eigenvalue weighted by atomic mass is 9.73. The number of anilines is 1. The summed E-state index contributed by atoms with van der Waals surface area (Å²) in [7, 11) is 0. The van der Waals surface area contributed by atoms with E-state index in [2.05, 4.69) is 54.2 Å². The van der Waals surface area contributed by atoms with Crippen LogP contribution in [0, 0.1) is 12.3 Å². The van der Waals surface area contributed by atoms with Gasteiger partial charge in [-0.05, 0) is 59.7 Å². The van der Waals surface area contributed by atoms with E-state index in [0.717, 1.165) is 43.9 Å². The Morgan fingerprint density at radius 1 is 1.10 bits per heavy atom. The number of aromatic nitrogens is 3. The van der Waals surface area contributed by atoms with Crippen molar-refractivity contribution in [2.45, 2.75) is 57.2 Å². The Hall–Kier alpha value is -3.07. The van der Waals surface area contributed by atoms with Crippen molar-refractivity contribution in [3.8, 4) is 5.75 Å². The normalized spacial score (nSPS) is 17.6. The molecule has 0 amide bonds. The van der Waals surface area contributed by atoms with Crippen molar-refractivity contribution in [1.29, 1.82) is 0 Å². The molecule has 1 N–H and O–H groups in total. The number of allylic oxidation sites excluding steroid dienone is 2. The van der Waals surface area contributed by atoms with Gasteiger partial charge < -0.3 is 10.1 Å². The highest BCUT2D eigenvalue weighted by molar-refractivity contribution is 9.10. The van der Waals surface area contributed by atoms with E-state index in [0.29, 0.717) is 35.6 Å². The molecule has 0 bridgehead atoms. The van der Waals surface area contributed by atoms with Gasteiger partial charge in [0.05, 0.1) is 0 Å². The maximum Gasteiger partial charge on any atom is 0.227 e. The number of benzene rings is 3. The number of hydrogen-bond donors (Lipinski definition) is 1. The number of ketones is 1. The number of ether oxygens (including phenoxy) is 1. The summed E-state index contributed by atoms with van der Waals surface area (Å²) < 4.78 is 9.19. The molecule has 0 saturated carbocycles. The number of carbonyl (C=O) groups excluding carboxylic acids is 1. The summed E-state index contributed by atoms with van der Waals surface area (Å²) in [5, 5.41) is 9.72. The molecular formula is C32H30BrClN4O2S. The van der Waals surface area contributed by atoms with Crippen LogP contribution in [0.4, 0.5) is 5.95 Å². The van der Waals surface area contributed by atoms with Crippen LogP contribution in [-0.2, 0) is 17.2 Å². The fourth-order valence-corrected chi connectivity index (χ4v) is 6.98. The van der Waals surface area contributed by atoms with Crippen LogP contribution in [0.1, 0.15) is 55.0 Å². The minimum Gasteiger partial charge on any atom is -0.489 e. The molecule has 3 aromatic carbocycles. The fraction of sp³-hybridized carbons (Fsp3) is 0.281. The summed E-state index contributed by atoms with van der Waals surface area (Å²) in [4.78, 5) is 18.6. The van der Waals surface area contributed by atoms with E-state index >= 15 is 0 Å². The number of halogens is 2. The molecule has 1 aliphatic heterocycles. The minimum absolute atomic E-state index is 0.116. The van der Waals surface area contributed by atoms with Crippen LogP contribution in [0.25, 0.3) is 0 Å². The van der Waals surface area contributed by atoms with E-state index in [1.165, 1.54) is 17.3 Å². The second-order valence-electron chi connectivity index (χ2n) is 11.3. The molecule has 41 heavy (non-hydrogen) atoms. The number of hydrogen-bond acceptors (Lipinski definition) is 6. The quantitative estimate of drug-likeness (QED) is 0.203. The number of fused-ring (bicyclic) bond motifs is 1. The molecule has 210 valence electrons. The van der Waals surface area contributed by atoms with Crippen molar-refractivity contribution in [1.82, 2.24) is 14.8 Å². The molecule has 1 aliphatic carbocycles. The van der Waals surface area contributed by atoms with Crippen molar-refractivity contribution >= 4 is 51.0 Å². The van der Waals surface area contributed by atoms with Crippen LogP contribution in [0.5, 0.6) is 5.75 Å². The van der Waals surface area contributed by atoms with Crippen LogP contribution in [0.2, 0.25) is 5.02 Å². The Kier molecular flexibility index (Phi) is 7.74. The number of thioether (sulfide) groups is 1. The molecule has 1 aromatic heterocycles. The first-order valence-electron chi connectivity index (χ1n) is 13.5. The maximum atomic E-state index is 13.8. The van der Waals surface area contributed by atoms with Crippen molar-refractivity contribution in [3.63, 3.8) is 0 Å². The van der Waals surface area contributed by atoms with Crippen LogP contribution in [0.3, 0.4) is 0 Å². The molecular weight excluding hydrogens is 620 g/mol. The van der Waals surface area contributed by atoms with E-state index in [9.17, 15) is 4.79 Å². The molecule has 0 spiro atoms. The number of nitrogens with zero attached hydrogens (tertiary/aromatic N) is 3. The first-order valence-corrected chi connectivity index (χ1v) is 15.7. The number of Topliss-reactive ketones (excluding diaryl/α,β-unsaturated/α-hetero) is 1. The highest BCUT2D eigenvalue weighted by atomic mass is 79.9. The average Bonchev–Trinajstić information content (AvgIpc) is 3.33. The van der Waals surface area contributed by atoms with E-state index in [4.69, 9.17) is 26.4 Å². The van der Waals surface area contributed by atoms with Crippen LogP contribution in [0.15, 0.2) is 87.6 Å². The number of rotatable bonds is 7. The van der Waals surface area contributed by atoms with Gasteiger partial charge in [0, 0.05) is 38.5 Å². The van der Waals surface area contributed by atoms with Crippen molar-refractivity contribution in [3.05, 3.63) is 110 Å². The first kappa shape index (κ1) is 28.1. The van der Waals surface area contributed by atoms with E-state index in [1.54, 1.807) is 0 Å². The minimum atomic E-state index is -0.476. The molecule has 6 rings (SSSR count). The maximum absolute atomic E-state index is 13.8. The Morgan fingerprint density at radius 2 is 1.85 bits per heavy atom. The Labute approximate surface area is 257 Å². The second kappa shape index (κ2) is 11.3. The Balaban J connectivity index is 1.41. The highest BCUT2D eigenvalue weighted by Crippen LogP contribution is 2.48. The molecule has 0 radical (unpaired) electrons. The third-order valence-corrected chi connectivity index (χ3v) is 9.29. The monoisotopic (exact) mass is 648 g/mol. The predicted octanol–water partition coefficient (Wildman–Crippen LogP) is 8.53. The zero-order valence-corrected chi connectivity index (χ0v) is 26.2. The van der Waals surface area contributed by atoms with Gasteiger partial charge in [-0.1, -0.05) is 95.6 Å². The van der Waals surface area contributed by atoms with Gasteiger partial charge in [-0.2, -0.15) is 4.98 Å². The van der Waals surface area contributed by atoms with E-state index < -0.39 is 6.04 Å². The van der Waals surface area contributed by atoms with Crippen molar-refractivity contribution in [2.24, 2.45) is 5.41 Å². The molecule has 6 nitrogen and oxygen atoms in total. The standard InChI is InChI=1S/C32H30BrClN4O2S/c1-19-8-4-5-9-20(19)17-40-27-13-12-22(33)14-23(27)29-28-25(15-32(2,3)16-26(28)39)35-30-36-31(37-38(29)30)41-18-21-10-6-7-11-24(21)34/h4-14,29H,15-18H2,1-3H3,(H,35,36,37). The van der Waals surface area contributed by atoms with Gasteiger partial charge in [0.1, 0.15) is 18.4 Å². The lowest BCUT2D eigenvalue weighted by molar-refractivity contribution is -0.118. The Morgan fingerprint density at radius 3 is 2.63 bits per heavy atom. The van der Waals surface area contributed by atoms with Crippen molar-refractivity contribution in [2.75, 3.05) is 5.32 Å².